The van der Waals surface area contributed by atoms with Gasteiger partial charge in [0.25, 0.3) is 4.98 Å². The van der Waals surface area contributed by atoms with Crippen LogP contribution >= 0.6 is 15.9 Å². The molecule has 1 aliphatic heterocycles. The fourth-order valence-corrected chi connectivity index (χ4v) is 2.77. The summed E-state index contributed by atoms with van der Waals surface area (Å²) < 4.78 is 25.7. The van der Waals surface area contributed by atoms with Gasteiger partial charge in [-0.25, -0.2) is 4.39 Å². The van der Waals surface area contributed by atoms with Crippen molar-refractivity contribution in [3.05, 3.63) is 57.2 Å². The lowest BCUT2D eigenvalue weighted by atomic mass is 10.2. The summed E-state index contributed by atoms with van der Waals surface area (Å²) in [5.74, 6) is -0.364. The molecule has 1 N–H and O–H groups in total. The molecule has 1 fully saturated rings. The highest BCUT2D eigenvalue weighted by atomic mass is 79.9. The number of halogens is 2. The van der Waals surface area contributed by atoms with Crippen LogP contribution in [0.2, 0.25) is 0 Å². The smallest absolute Gasteiger partial charge is 0.307 e. The quantitative estimate of drug-likeness (QED) is 0.572. The third kappa shape index (κ3) is 6.98. The zero-order valence-corrected chi connectivity index (χ0v) is 18.7. The summed E-state index contributed by atoms with van der Waals surface area (Å²) in [6.07, 6.45) is 0. The first-order chi connectivity index (χ1) is 14.0. The van der Waals surface area contributed by atoms with Crippen molar-refractivity contribution in [3.8, 4) is 11.5 Å². The minimum atomic E-state index is -0.684. The van der Waals surface area contributed by atoms with Crippen LogP contribution in [0, 0.1) is 10.7 Å². The second-order valence-electron chi connectivity index (χ2n) is 5.24. The Bertz CT molecular complexity index is 832. The molecule has 30 heavy (non-hydrogen) atoms. The number of ether oxygens (including phenoxy) is 2. The van der Waals surface area contributed by atoms with Gasteiger partial charge in [0, 0.05) is 4.47 Å². The summed E-state index contributed by atoms with van der Waals surface area (Å²) in [5.41, 5.74) is 2.77. The molecule has 0 aliphatic carbocycles. The van der Waals surface area contributed by atoms with Gasteiger partial charge in [-0.1, -0.05) is 73.6 Å². The summed E-state index contributed by atoms with van der Waals surface area (Å²) >= 11 is 3.20. The zero-order valence-electron chi connectivity index (χ0n) is 17.2. The summed E-state index contributed by atoms with van der Waals surface area (Å²) in [4.78, 5) is 23.4. The number of hydrazine groups is 2. The molecule has 9 heteroatoms. The average molecular weight is 487 g/mol. The van der Waals surface area contributed by atoms with E-state index in [9.17, 15) is 14.1 Å². The second kappa shape index (κ2) is 13.5. The molecule has 1 saturated heterocycles. The van der Waals surface area contributed by atoms with E-state index in [0.29, 0.717) is 10.2 Å². The number of benzene rings is 2. The van der Waals surface area contributed by atoms with Crippen LogP contribution in [0.25, 0.3) is 0 Å². The Labute approximate surface area is 185 Å². The number of amides is 1. The molecule has 0 atom stereocenters. The Morgan fingerprint density at radius 2 is 1.77 bits per heavy atom. The van der Waals surface area contributed by atoms with Gasteiger partial charge >= 0.3 is 5.91 Å². The first kappa shape index (κ1) is 27.3. The van der Waals surface area contributed by atoms with Crippen molar-refractivity contribution in [2.75, 3.05) is 18.7 Å². The molecule has 0 bridgehead atoms. The van der Waals surface area contributed by atoms with Crippen LogP contribution in [0.3, 0.4) is 0 Å². The number of carbonyl (C=O) groups excluding carboxylic acids is 1. The molecule has 0 spiro atoms. The van der Waals surface area contributed by atoms with Crippen molar-refractivity contribution < 1.29 is 23.6 Å². The van der Waals surface area contributed by atoms with E-state index in [1.807, 2.05) is 45.3 Å². The minimum Gasteiger partial charge on any atom is -0.497 e. The zero-order chi connectivity index (χ0) is 22.0. The van der Waals surface area contributed by atoms with Crippen LogP contribution in [0.4, 0.5) is 10.1 Å². The minimum absolute atomic E-state index is 0. The standard InChI is InChI=1S/C16H13BrFN3O4.2C2H6.CH4/c1-24-12-4-2-10(3-5-12)9-25-14-7-11(17)6-13(18)16(14)20-8-15(22)19-21(20)23;2*1-2;/h2-7H,8-9H2,1H3;2*1-2H3;1H4/p+1. The predicted molar refractivity (Wildman–Crippen MR) is 120 cm³/mol. The molecule has 2 aromatic carbocycles. The lowest BCUT2D eigenvalue weighted by molar-refractivity contribution is -0.591. The van der Waals surface area contributed by atoms with E-state index in [1.165, 1.54) is 6.07 Å². The average Bonchev–Trinajstić information content (AvgIpc) is 3.07. The third-order valence-electron chi connectivity index (χ3n) is 3.54. The second-order valence-corrected chi connectivity index (χ2v) is 6.15. The maximum atomic E-state index is 14.4. The maximum Gasteiger partial charge on any atom is 0.307 e. The van der Waals surface area contributed by atoms with E-state index in [0.717, 1.165) is 10.6 Å². The summed E-state index contributed by atoms with van der Waals surface area (Å²) in [7, 11) is 1.57. The number of nitrogens with zero attached hydrogens (tertiary/aromatic N) is 2. The molecule has 1 aliphatic rings. The van der Waals surface area contributed by atoms with E-state index < -0.39 is 11.7 Å². The number of rotatable bonds is 5. The fraction of sp³-hybridized carbons (Fsp3) is 0.381. The lowest BCUT2D eigenvalue weighted by Crippen LogP contribution is -2.31. The van der Waals surface area contributed by atoms with Crippen molar-refractivity contribution in [2.45, 2.75) is 41.7 Å². The first-order valence-corrected chi connectivity index (χ1v) is 10.1. The molecule has 1 heterocycles. The van der Waals surface area contributed by atoms with Crippen LogP contribution in [0.5, 0.6) is 11.5 Å². The van der Waals surface area contributed by atoms with Crippen molar-refractivity contribution in [2.24, 2.45) is 0 Å². The SMILES string of the molecule is C.CC.CC.COc1ccc(COc2cc(Br)cc(F)c2N2CC(=O)N[N+]2=O)cc1. The fourth-order valence-electron chi connectivity index (χ4n) is 2.36. The monoisotopic (exact) mass is 486 g/mol. The van der Waals surface area contributed by atoms with E-state index in [4.69, 9.17) is 9.47 Å². The van der Waals surface area contributed by atoms with Crippen LogP contribution in [-0.4, -0.2) is 24.5 Å². The number of anilines is 1. The van der Waals surface area contributed by atoms with Gasteiger partial charge in [0.1, 0.15) is 12.4 Å². The van der Waals surface area contributed by atoms with Gasteiger partial charge in [-0.15, -0.1) is 0 Å². The molecule has 3 rings (SSSR count). The Hall–Kier alpha value is -2.68. The van der Waals surface area contributed by atoms with Crippen molar-refractivity contribution in [1.82, 2.24) is 5.43 Å². The molecular formula is C21H30BrFN3O4+. The summed E-state index contributed by atoms with van der Waals surface area (Å²) in [5, 5.41) is 0.938. The predicted octanol–water partition coefficient (Wildman–Crippen LogP) is 5.41. The molecule has 7 nitrogen and oxygen atoms in total. The van der Waals surface area contributed by atoms with Gasteiger partial charge < -0.3 is 9.47 Å². The van der Waals surface area contributed by atoms with E-state index in [1.54, 1.807) is 25.3 Å². The Kier molecular flexibility index (Phi) is 12.3. The topological polar surface area (TPSA) is 70.9 Å². The molecule has 0 saturated carbocycles. The van der Waals surface area contributed by atoms with Crippen LogP contribution in [-0.2, 0) is 11.4 Å². The van der Waals surface area contributed by atoms with Crippen LogP contribution < -0.4 is 19.9 Å². The Balaban J connectivity index is 0.00000159. The molecule has 0 aromatic heterocycles. The van der Waals surface area contributed by atoms with Crippen molar-refractivity contribution in [1.29, 1.82) is 0 Å². The molecule has 1 amide bonds. The molecule has 2 aromatic rings. The molecule has 0 radical (unpaired) electrons. The number of hydrogen-bond acceptors (Lipinski definition) is 4. The van der Waals surface area contributed by atoms with Crippen molar-refractivity contribution in [3.63, 3.8) is 0 Å². The third-order valence-corrected chi connectivity index (χ3v) is 4.00. The van der Waals surface area contributed by atoms with E-state index in [2.05, 4.69) is 15.9 Å². The lowest BCUT2D eigenvalue weighted by Gasteiger charge is -2.14. The number of nitroso groups, excluding NO2 is 1. The molecule has 0 unspecified atom stereocenters. The Morgan fingerprint density at radius 1 is 1.17 bits per heavy atom. The van der Waals surface area contributed by atoms with Crippen LogP contribution in [0.15, 0.2) is 40.9 Å². The van der Waals surface area contributed by atoms with Gasteiger partial charge in [-0.3, -0.25) is 4.79 Å². The van der Waals surface area contributed by atoms with Gasteiger partial charge in [0.2, 0.25) is 0 Å². The van der Waals surface area contributed by atoms with E-state index >= 15 is 0 Å². The number of hydrogen-bond donors (Lipinski definition) is 1. The van der Waals surface area contributed by atoms with Crippen molar-refractivity contribution >= 4 is 27.5 Å². The molecule has 166 valence electrons. The van der Waals surface area contributed by atoms with E-state index in [-0.39, 0.29) is 37.0 Å². The molecular weight excluding hydrogens is 457 g/mol. The maximum absolute atomic E-state index is 14.4. The largest absolute Gasteiger partial charge is 0.497 e. The van der Waals surface area contributed by atoms with Crippen LogP contribution in [0.1, 0.15) is 40.7 Å². The highest BCUT2D eigenvalue weighted by Gasteiger charge is 2.40. The van der Waals surface area contributed by atoms with Gasteiger partial charge in [0.05, 0.1) is 12.0 Å². The first-order valence-electron chi connectivity index (χ1n) is 9.27. The highest BCUT2D eigenvalue weighted by Crippen LogP contribution is 2.36. The number of methoxy groups -OCH3 is 1. The summed E-state index contributed by atoms with van der Waals surface area (Å²) in [6, 6.07) is 9.93. The van der Waals surface area contributed by atoms with Gasteiger partial charge in [-0.05, 0) is 29.8 Å². The summed E-state index contributed by atoms with van der Waals surface area (Å²) in [6.45, 7) is 7.86. The number of nitrogens with one attached hydrogen (secondary N) is 1. The van der Waals surface area contributed by atoms with Gasteiger partial charge in [0.15, 0.2) is 23.8 Å². The Morgan fingerprint density at radius 3 is 2.27 bits per heavy atom. The highest BCUT2D eigenvalue weighted by molar-refractivity contribution is 9.10. The van der Waals surface area contributed by atoms with Gasteiger partial charge in [-0.2, -0.15) is 0 Å². The number of carbonyl (C=O) groups is 1. The normalized spacial score (nSPS) is 11.9.